The van der Waals surface area contributed by atoms with Crippen molar-refractivity contribution in [2.75, 3.05) is 7.11 Å². The van der Waals surface area contributed by atoms with Crippen molar-refractivity contribution in [1.82, 2.24) is 4.98 Å². The molecule has 0 N–H and O–H groups in total. The Hall–Kier alpha value is -0.310. The summed E-state index contributed by atoms with van der Waals surface area (Å²) >= 11 is 4.73. The molecular formula is C8H5BrF2INO2. The largest absolute Gasteiger partial charge is 0.464 e. The zero-order chi connectivity index (χ0) is 11.6. The van der Waals surface area contributed by atoms with E-state index in [-0.39, 0.29) is 19.4 Å². The maximum atomic E-state index is 12.5. The van der Waals surface area contributed by atoms with Gasteiger partial charge in [-0.1, -0.05) is 0 Å². The first-order chi connectivity index (χ1) is 6.97. The number of methoxy groups -OCH3 is 1. The Morgan fingerprint density at radius 2 is 2.27 bits per heavy atom. The minimum Gasteiger partial charge on any atom is -0.464 e. The van der Waals surface area contributed by atoms with Crippen molar-refractivity contribution in [2.24, 2.45) is 0 Å². The zero-order valence-corrected chi connectivity index (χ0v) is 11.2. The van der Waals surface area contributed by atoms with Gasteiger partial charge in [-0.2, -0.15) is 0 Å². The van der Waals surface area contributed by atoms with E-state index in [0.29, 0.717) is 0 Å². The summed E-state index contributed by atoms with van der Waals surface area (Å²) in [6, 6.07) is 1.03. The Morgan fingerprint density at radius 1 is 1.67 bits per heavy atom. The van der Waals surface area contributed by atoms with Gasteiger partial charge in [0.15, 0.2) is 0 Å². The average Bonchev–Trinajstić information content (AvgIpc) is 2.20. The first-order valence-electron chi connectivity index (χ1n) is 3.69. The van der Waals surface area contributed by atoms with Crippen molar-refractivity contribution < 1.29 is 18.3 Å². The summed E-state index contributed by atoms with van der Waals surface area (Å²) in [6.07, 6.45) is -2.65. The van der Waals surface area contributed by atoms with Crippen LogP contribution in [0.4, 0.5) is 8.78 Å². The van der Waals surface area contributed by atoms with E-state index in [9.17, 15) is 13.6 Å². The summed E-state index contributed by atoms with van der Waals surface area (Å²) in [5, 5.41) is 0. The number of halogens is 4. The normalized spacial score (nSPS) is 10.5. The second-order valence-electron chi connectivity index (χ2n) is 2.49. The molecule has 0 radical (unpaired) electrons. The van der Waals surface area contributed by atoms with Gasteiger partial charge in [0, 0.05) is 5.56 Å². The lowest BCUT2D eigenvalue weighted by atomic mass is 10.2. The van der Waals surface area contributed by atoms with Crippen LogP contribution in [-0.4, -0.2) is 18.1 Å². The van der Waals surface area contributed by atoms with Gasteiger partial charge < -0.3 is 4.74 Å². The molecule has 0 unspecified atom stereocenters. The number of aromatic nitrogens is 1. The van der Waals surface area contributed by atoms with E-state index in [0.717, 1.165) is 13.2 Å². The van der Waals surface area contributed by atoms with Crippen LogP contribution in [0.15, 0.2) is 10.7 Å². The first-order valence-corrected chi connectivity index (χ1v) is 5.57. The van der Waals surface area contributed by atoms with E-state index in [4.69, 9.17) is 0 Å². The third-order valence-electron chi connectivity index (χ3n) is 1.58. The maximum absolute atomic E-state index is 12.5. The van der Waals surface area contributed by atoms with Gasteiger partial charge in [0.25, 0.3) is 6.43 Å². The lowest BCUT2D eigenvalue weighted by Crippen LogP contribution is -2.07. The molecule has 1 heterocycles. The molecule has 1 aromatic rings. The molecule has 0 atom stereocenters. The van der Waals surface area contributed by atoms with E-state index in [1.165, 1.54) is 0 Å². The van der Waals surface area contributed by atoms with Gasteiger partial charge in [0.1, 0.15) is 10.3 Å². The number of hydrogen-bond acceptors (Lipinski definition) is 3. The van der Waals surface area contributed by atoms with E-state index < -0.39 is 12.4 Å². The number of rotatable bonds is 2. The van der Waals surface area contributed by atoms with Crippen LogP contribution in [0.1, 0.15) is 22.5 Å². The summed E-state index contributed by atoms with van der Waals surface area (Å²) in [5.74, 6) is -0.742. The molecule has 0 aliphatic carbocycles. The number of esters is 1. The van der Waals surface area contributed by atoms with Gasteiger partial charge in [-0.05, 0) is 44.6 Å². The Balaban J connectivity index is 3.29. The molecule has 1 rings (SSSR count). The highest BCUT2D eigenvalue weighted by molar-refractivity contribution is 14.1. The Kier molecular flexibility index (Phi) is 4.38. The highest BCUT2D eigenvalue weighted by Gasteiger charge is 2.19. The number of carbonyl (C=O) groups is 1. The fraction of sp³-hybridized carbons (Fsp3) is 0.250. The molecule has 0 aromatic carbocycles. The van der Waals surface area contributed by atoms with Crippen LogP contribution < -0.4 is 0 Å². The van der Waals surface area contributed by atoms with Crippen LogP contribution in [0.2, 0.25) is 0 Å². The Labute approximate surface area is 106 Å². The van der Waals surface area contributed by atoms with E-state index in [2.05, 4.69) is 25.7 Å². The zero-order valence-electron chi connectivity index (χ0n) is 7.43. The fourth-order valence-electron chi connectivity index (χ4n) is 0.885. The Morgan fingerprint density at radius 3 is 2.73 bits per heavy atom. The molecule has 0 fully saturated rings. The topological polar surface area (TPSA) is 39.2 Å². The van der Waals surface area contributed by atoms with Crippen molar-refractivity contribution in [3.05, 3.63) is 25.5 Å². The van der Waals surface area contributed by atoms with Crippen LogP contribution in [0.3, 0.4) is 0 Å². The minimum absolute atomic E-state index is 0.139. The molecular weight excluding hydrogens is 387 g/mol. The van der Waals surface area contributed by atoms with Crippen molar-refractivity contribution in [3.8, 4) is 0 Å². The summed E-state index contributed by atoms with van der Waals surface area (Å²) in [7, 11) is 1.16. The van der Waals surface area contributed by atoms with Gasteiger partial charge in [0.05, 0.1) is 10.7 Å². The van der Waals surface area contributed by atoms with Crippen LogP contribution in [0.5, 0.6) is 0 Å². The molecule has 0 spiro atoms. The van der Waals surface area contributed by atoms with Gasteiger partial charge in [-0.3, -0.25) is 0 Å². The van der Waals surface area contributed by atoms with E-state index in [1.807, 2.05) is 0 Å². The highest BCUT2D eigenvalue weighted by Crippen LogP contribution is 2.29. The third-order valence-corrected chi connectivity index (χ3v) is 4.02. The van der Waals surface area contributed by atoms with E-state index >= 15 is 0 Å². The summed E-state index contributed by atoms with van der Waals surface area (Å²) in [4.78, 5) is 14.9. The number of nitrogens with zero attached hydrogens (tertiary/aromatic N) is 1. The molecule has 0 saturated carbocycles. The van der Waals surface area contributed by atoms with Crippen molar-refractivity contribution in [3.63, 3.8) is 0 Å². The highest BCUT2D eigenvalue weighted by atomic mass is 127. The van der Waals surface area contributed by atoms with Crippen LogP contribution in [0.25, 0.3) is 0 Å². The lowest BCUT2D eigenvalue weighted by molar-refractivity contribution is 0.0593. The monoisotopic (exact) mass is 391 g/mol. The molecule has 0 amide bonds. The Bertz CT molecular complexity index is 400. The van der Waals surface area contributed by atoms with Gasteiger partial charge in [0.2, 0.25) is 0 Å². The second-order valence-corrected chi connectivity index (χ2v) is 4.32. The van der Waals surface area contributed by atoms with E-state index in [1.54, 1.807) is 22.6 Å². The summed E-state index contributed by atoms with van der Waals surface area (Å²) in [6.45, 7) is 0. The molecule has 7 heteroatoms. The fourth-order valence-corrected chi connectivity index (χ4v) is 1.82. The molecule has 82 valence electrons. The minimum atomic E-state index is -2.65. The number of alkyl halides is 2. The van der Waals surface area contributed by atoms with Crippen molar-refractivity contribution in [1.29, 1.82) is 0 Å². The third kappa shape index (κ3) is 2.83. The molecule has 3 nitrogen and oxygen atoms in total. The second kappa shape index (κ2) is 5.15. The smallest absolute Gasteiger partial charge is 0.356 e. The molecule has 0 saturated heterocycles. The standard InChI is InChI=1S/C8H5BrF2INO2/c1-15-8(14)4-2-3(7(10)11)5(12)6(9)13-4/h2,7H,1H3. The quantitative estimate of drug-likeness (QED) is 0.441. The predicted octanol–water partition coefficient (Wildman–Crippen LogP) is 3.17. The summed E-state index contributed by atoms with van der Waals surface area (Å²) in [5.41, 5.74) is -0.377. The summed E-state index contributed by atoms with van der Waals surface area (Å²) < 4.78 is 30.0. The maximum Gasteiger partial charge on any atom is 0.356 e. The molecule has 0 bridgehead atoms. The van der Waals surface area contributed by atoms with Gasteiger partial charge in [-0.25, -0.2) is 18.6 Å². The first kappa shape index (κ1) is 12.8. The number of carbonyl (C=O) groups excluding carboxylic acids is 1. The van der Waals surface area contributed by atoms with Crippen LogP contribution in [-0.2, 0) is 4.74 Å². The average molecular weight is 392 g/mol. The van der Waals surface area contributed by atoms with Crippen LogP contribution in [0, 0.1) is 3.57 Å². The molecule has 0 aliphatic heterocycles. The number of pyridine rings is 1. The number of ether oxygens (including phenoxy) is 1. The lowest BCUT2D eigenvalue weighted by Gasteiger charge is -2.07. The van der Waals surface area contributed by atoms with Crippen molar-refractivity contribution >= 4 is 44.5 Å². The molecule has 15 heavy (non-hydrogen) atoms. The van der Waals surface area contributed by atoms with Crippen LogP contribution >= 0.6 is 38.5 Å². The molecule has 1 aromatic heterocycles. The molecule has 0 aliphatic rings. The van der Waals surface area contributed by atoms with Crippen molar-refractivity contribution in [2.45, 2.75) is 6.43 Å². The van der Waals surface area contributed by atoms with Gasteiger partial charge in [-0.15, -0.1) is 0 Å². The van der Waals surface area contributed by atoms with Gasteiger partial charge >= 0.3 is 5.97 Å². The number of hydrogen-bond donors (Lipinski definition) is 0. The SMILES string of the molecule is COC(=O)c1cc(C(F)F)c(I)c(Br)n1. The predicted molar refractivity (Wildman–Crippen MR) is 61.0 cm³/mol.